The van der Waals surface area contributed by atoms with Gasteiger partial charge in [-0.2, -0.15) is 0 Å². The van der Waals surface area contributed by atoms with Crippen molar-refractivity contribution in [1.82, 2.24) is 15.0 Å². The first-order valence-electron chi connectivity index (χ1n) is 39.1. The first-order valence-corrected chi connectivity index (χ1v) is 39.1. The minimum atomic E-state index is 0.286. The largest absolute Gasteiger partial charge is 0.493 e. The van der Waals surface area contributed by atoms with E-state index in [1.54, 1.807) is 4.68 Å². The number of aromatic nitrogens is 3. The van der Waals surface area contributed by atoms with Gasteiger partial charge in [-0.3, -0.25) is 0 Å². The van der Waals surface area contributed by atoms with E-state index in [1.807, 2.05) is 60.8 Å². The van der Waals surface area contributed by atoms with Gasteiger partial charge in [0.05, 0.1) is 244 Å². The molecule has 105 heavy (non-hydrogen) atoms. The van der Waals surface area contributed by atoms with Gasteiger partial charge in [-0.05, 0) is 85.7 Å². The summed E-state index contributed by atoms with van der Waals surface area (Å²) in [5.74, 6) is 4.43. The van der Waals surface area contributed by atoms with Gasteiger partial charge in [-0.1, -0.05) is 110 Å². The second-order valence-corrected chi connectivity index (χ2v) is 24.8. The fraction of sp³-hybridized carbons (Fsp3) is 0.738. The zero-order valence-electron chi connectivity index (χ0n) is 64.7. The Hall–Kier alpha value is -5.04. The van der Waals surface area contributed by atoms with Gasteiger partial charge in [0.15, 0.2) is 0 Å². The van der Waals surface area contributed by atoms with Gasteiger partial charge in [0.2, 0.25) is 0 Å². The summed E-state index contributed by atoms with van der Waals surface area (Å²) in [6.07, 6.45) is 19.9. The summed E-state index contributed by atoms with van der Waals surface area (Å²) < 4.78 is 129. The average Bonchev–Trinajstić information content (AvgIpc) is 1.83. The van der Waals surface area contributed by atoms with Crippen molar-refractivity contribution < 1.29 is 104 Å². The van der Waals surface area contributed by atoms with E-state index in [-0.39, 0.29) is 6.61 Å². The topological polar surface area (TPSA) is 234 Å². The fourth-order valence-electron chi connectivity index (χ4n) is 10.0. The zero-order valence-corrected chi connectivity index (χ0v) is 64.7. The molecule has 1 radical (unpaired) electrons. The van der Waals surface area contributed by atoms with E-state index >= 15 is 0 Å². The molecule has 1 aromatic heterocycles. The number of rotatable bonds is 80. The van der Waals surface area contributed by atoms with E-state index in [2.05, 4.69) is 44.9 Å². The highest BCUT2D eigenvalue weighted by molar-refractivity contribution is 5.42. The number of nitrogens with zero attached hydrogens (tertiary/aromatic N) is 3. The minimum Gasteiger partial charge on any atom is -0.493 e. The Bertz CT molecular complexity index is 2390. The molecule has 0 aliphatic heterocycles. The van der Waals surface area contributed by atoms with Crippen LogP contribution in [0.5, 0.6) is 34.5 Å². The third-order valence-electron chi connectivity index (χ3n) is 15.6. The fourth-order valence-corrected chi connectivity index (χ4v) is 10.0. The highest BCUT2D eigenvalue weighted by atomic mass is 16.6. The van der Waals surface area contributed by atoms with Crippen molar-refractivity contribution in [1.29, 1.82) is 0 Å². The van der Waals surface area contributed by atoms with E-state index in [1.165, 1.54) is 51.4 Å². The average molecular weight is 1490 g/mol. The summed E-state index contributed by atoms with van der Waals surface area (Å²) >= 11 is 0. The molecule has 0 unspecified atom stereocenters. The molecule has 25 heteroatoms. The van der Waals surface area contributed by atoms with E-state index in [4.69, 9.17) is 104 Å². The van der Waals surface area contributed by atoms with Crippen molar-refractivity contribution >= 4 is 0 Å². The Labute approximate surface area is 629 Å². The van der Waals surface area contributed by atoms with Crippen LogP contribution in [-0.4, -0.2) is 246 Å². The number of benzene rings is 3. The smallest absolute Gasteiger partial charge is 0.123 e. The van der Waals surface area contributed by atoms with Gasteiger partial charge in [-0.15, -0.1) is 5.10 Å². The van der Waals surface area contributed by atoms with Crippen LogP contribution >= 0.6 is 0 Å². The molecule has 0 atom stereocenters. The van der Waals surface area contributed by atoms with Crippen LogP contribution in [0.2, 0.25) is 0 Å². The molecule has 25 nitrogen and oxygen atoms in total. The Morgan fingerprint density at radius 1 is 0.248 bits per heavy atom. The quantitative estimate of drug-likeness (QED) is 0.0374. The van der Waals surface area contributed by atoms with E-state index in [9.17, 15) is 0 Å². The number of ether oxygens (including phenoxy) is 22. The molecule has 0 aliphatic carbocycles. The maximum atomic E-state index is 6.62. The summed E-state index contributed by atoms with van der Waals surface area (Å²) in [6.45, 7) is 31.3. The van der Waals surface area contributed by atoms with Crippen LogP contribution in [-0.2, 0) is 102 Å². The molecule has 4 aromatic rings. The van der Waals surface area contributed by atoms with E-state index in [0.717, 1.165) is 91.1 Å². The minimum absolute atomic E-state index is 0.286. The maximum absolute atomic E-state index is 6.62. The van der Waals surface area contributed by atoms with Crippen molar-refractivity contribution in [2.45, 2.75) is 157 Å². The van der Waals surface area contributed by atoms with Crippen LogP contribution in [0.15, 0.2) is 60.8 Å². The third-order valence-corrected chi connectivity index (χ3v) is 15.6. The summed E-state index contributed by atoms with van der Waals surface area (Å²) in [5, 5.41) is 8.87. The third kappa shape index (κ3) is 54.2. The molecule has 601 valence electrons. The van der Waals surface area contributed by atoms with Crippen molar-refractivity contribution in [2.24, 2.45) is 0 Å². The highest BCUT2D eigenvalue weighted by Crippen LogP contribution is 2.30. The van der Waals surface area contributed by atoms with Gasteiger partial charge in [0.25, 0.3) is 0 Å². The summed E-state index contributed by atoms with van der Waals surface area (Å²) in [5.41, 5.74) is 3.52. The molecule has 0 fully saturated rings. The predicted molar refractivity (Wildman–Crippen MR) is 403 cm³/mol. The molecule has 1 heterocycles. The lowest BCUT2D eigenvalue weighted by Crippen LogP contribution is -2.15. The number of hydrogen-bond acceptors (Lipinski definition) is 24. The molecule has 0 spiro atoms. The van der Waals surface area contributed by atoms with Crippen LogP contribution in [0.25, 0.3) is 0 Å². The standard InChI is InChI=1S/C80H134N3O22/c1-6-11-15-19-23-100-75-59-72(60-76(63-75)101-24-20-16-12-7-2)68-104-79-57-71(58-80(65-79)105-69-73-61-77(102-25-21-17-13-8-3)64-78(62-73)103-26-22-18-14-9-4)66-83-67-74(81-82-83)70-99-56-55-98-54-53-97-52-51-96-50-49-95-48-47-94-46-45-93-44-43-92-42-41-91-40-39-90-38-37-89-36-35-88-34-33-87-32-31-86-30-29-85-28-27-84-10-5/h57-65,67H,5-56,66,68-70H2,1-4H3. The first kappa shape index (κ1) is 92.3. The molecule has 3 aromatic carbocycles. The van der Waals surface area contributed by atoms with Crippen LogP contribution in [0.3, 0.4) is 0 Å². The zero-order chi connectivity index (χ0) is 74.3. The highest BCUT2D eigenvalue weighted by Gasteiger charge is 2.13. The molecule has 0 bridgehead atoms. The van der Waals surface area contributed by atoms with Crippen LogP contribution in [0.1, 0.15) is 153 Å². The normalized spacial score (nSPS) is 11.5. The van der Waals surface area contributed by atoms with Gasteiger partial charge < -0.3 is 104 Å². The summed E-state index contributed by atoms with van der Waals surface area (Å²) in [7, 11) is 0. The van der Waals surface area contributed by atoms with Crippen LogP contribution in [0, 0.1) is 6.92 Å². The first-order chi connectivity index (χ1) is 52.0. The van der Waals surface area contributed by atoms with Crippen molar-refractivity contribution in [3.05, 3.63) is 90.1 Å². The Balaban J connectivity index is 1.03. The molecule has 0 saturated heterocycles. The second kappa shape index (κ2) is 69.4. The predicted octanol–water partition coefficient (Wildman–Crippen LogP) is 12.9. The van der Waals surface area contributed by atoms with Crippen LogP contribution in [0.4, 0.5) is 0 Å². The molecule has 4 rings (SSSR count). The summed E-state index contributed by atoms with van der Waals surface area (Å²) in [6, 6.07) is 18.2. The van der Waals surface area contributed by atoms with Gasteiger partial charge in [0.1, 0.15) is 53.4 Å². The molecule has 0 amide bonds. The Morgan fingerprint density at radius 2 is 0.486 bits per heavy atom. The van der Waals surface area contributed by atoms with Gasteiger partial charge >= 0.3 is 0 Å². The second-order valence-electron chi connectivity index (χ2n) is 24.8. The summed E-state index contributed by atoms with van der Waals surface area (Å²) in [4.78, 5) is 0. The lowest BCUT2D eigenvalue weighted by atomic mass is 10.1. The van der Waals surface area contributed by atoms with Crippen molar-refractivity contribution in [2.75, 3.05) is 231 Å². The molecular formula is C80H134N3O22. The van der Waals surface area contributed by atoms with Crippen molar-refractivity contribution in [3.63, 3.8) is 0 Å². The van der Waals surface area contributed by atoms with E-state index in [0.29, 0.717) is 268 Å². The lowest BCUT2D eigenvalue weighted by Gasteiger charge is -2.16. The Kier molecular flexibility index (Phi) is 61.1. The molecule has 0 aliphatic rings. The number of hydrogen-bond donors (Lipinski definition) is 0. The van der Waals surface area contributed by atoms with Gasteiger partial charge in [-0.25, -0.2) is 4.68 Å². The van der Waals surface area contributed by atoms with Gasteiger partial charge in [0, 0.05) is 24.8 Å². The molecular weight excluding hydrogens is 1350 g/mol. The SMILES string of the molecule is [CH2]COCCOCCOCCOCCOCCOCCOCCOCCOCCOCCOCCOCCOCCOCCOCCOCc1cn(Cc2cc(OCc3cc(OCCCCCC)cc(OCCCCCC)c3)cc(OCc3cc(OCCCCCC)cc(OCCCCCC)c3)c2)nn1. The van der Waals surface area contributed by atoms with Crippen molar-refractivity contribution in [3.8, 4) is 34.5 Å². The lowest BCUT2D eigenvalue weighted by molar-refractivity contribution is -0.0304. The van der Waals surface area contributed by atoms with E-state index < -0.39 is 0 Å². The van der Waals surface area contributed by atoms with Crippen LogP contribution < -0.4 is 28.4 Å². The molecule has 0 saturated carbocycles. The Morgan fingerprint density at radius 3 is 0.743 bits per heavy atom. The molecule has 0 N–H and O–H groups in total. The number of unbranched alkanes of at least 4 members (excludes halogenated alkanes) is 12. The maximum Gasteiger partial charge on any atom is 0.123 e. The monoisotopic (exact) mass is 1490 g/mol.